The number of carbonyl (C=O) groups excluding carboxylic acids is 1. The number of benzene rings is 1. The van der Waals surface area contributed by atoms with E-state index in [9.17, 15) is 9.90 Å². The SMILES string of the molecule is CC(C)(C)Oc1ccc(NC(=O)NCC2CCCC(O)C2)cc1. The zero-order chi connectivity index (χ0) is 16.9. The van der Waals surface area contributed by atoms with Crippen molar-refractivity contribution in [3.05, 3.63) is 24.3 Å². The fourth-order valence-electron chi connectivity index (χ4n) is 2.82. The Balaban J connectivity index is 1.76. The molecule has 2 atom stereocenters. The van der Waals surface area contributed by atoms with Crippen molar-refractivity contribution >= 4 is 11.7 Å². The largest absolute Gasteiger partial charge is 0.488 e. The summed E-state index contributed by atoms with van der Waals surface area (Å²) in [4.78, 5) is 11.9. The zero-order valence-corrected chi connectivity index (χ0v) is 14.3. The highest BCUT2D eigenvalue weighted by atomic mass is 16.5. The van der Waals surface area contributed by atoms with Crippen molar-refractivity contribution in [2.75, 3.05) is 11.9 Å². The summed E-state index contributed by atoms with van der Waals surface area (Å²) in [5.74, 6) is 1.15. The standard InChI is InChI=1S/C18H28N2O3/c1-18(2,3)23-16-9-7-14(8-10-16)20-17(22)19-12-13-5-4-6-15(21)11-13/h7-10,13,15,21H,4-6,11-12H2,1-3H3,(H2,19,20,22). The molecule has 1 aromatic rings. The first-order valence-corrected chi connectivity index (χ1v) is 8.34. The van der Waals surface area contributed by atoms with Crippen molar-refractivity contribution in [3.8, 4) is 5.75 Å². The lowest BCUT2D eigenvalue weighted by molar-refractivity contribution is 0.101. The highest BCUT2D eigenvalue weighted by Crippen LogP contribution is 2.23. The van der Waals surface area contributed by atoms with E-state index < -0.39 is 0 Å². The molecular weight excluding hydrogens is 292 g/mol. The maximum absolute atomic E-state index is 11.9. The van der Waals surface area contributed by atoms with Gasteiger partial charge in [-0.2, -0.15) is 0 Å². The second kappa shape index (κ2) is 7.68. The molecule has 1 aliphatic rings. The van der Waals surface area contributed by atoms with Crippen molar-refractivity contribution in [3.63, 3.8) is 0 Å². The Hall–Kier alpha value is -1.75. The molecule has 1 saturated carbocycles. The molecular formula is C18H28N2O3. The van der Waals surface area contributed by atoms with Crippen molar-refractivity contribution in [2.24, 2.45) is 5.92 Å². The van der Waals surface area contributed by atoms with Gasteiger partial charge in [0.1, 0.15) is 11.4 Å². The molecule has 23 heavy (non-hydrogen) atoms. The van der Waals surface area contributed by atoms with Crippen molar-refractivity contribution in [2.45, 2.75) is 58.2 Å². The van der Waals surface area contributed by atoms with Crippen LogP contribution in [0.15, 0.2) is 24.3 Å². The lowest BCUT2D eigenvalue weighted by atomic mass is 9.87. The Morgan fingerprint density at radius 3 is 2.57 bits per heavy atom. The van der Waals surface area contributed by atoms with E-state index in [4.69, 9.17) is 4.74 Å². The zero-order valence-electron chi connectivity index (χ0n) is 14.3. The molecule has 0 bridgehead atoms. The monoisotopic (exact) mass is 320 g/mol. The number of nitrogens with one attached hydrogen (secondary N) is 2. The Morgan fingerprint density at radius 1 is 1.26 bits per heavy atom. The number of hydrogen-bond acceptors (Lipinski definition) is 3. The third kappa shape index (κ3) is 6.48. The Morgan fingerprint density at radius 2 is 1.96 bits per heavy atom. The van der Waals surface area contributed by atoms with Crippen LogP contribution in [0, 0.1) is 5.92 Å². The van der Waals surface area contributed by atoms with Crippen LogP contribution in [0.25, 0.3) is 0 Å². The third-order valence-corrected chi connectivity index (χ3v) is 3.84. The summed E-state index contributed by atoms with van der Waals surface area (Å²) in [6.45, 7) is 6.59. The normalized spacial score (nSPS) is 21.6. The van der Waals surface area contributed by atoms with Gasteiger partial charge in [0.15, 0.2) is 0 Å². The lowest BCUT2D eigenvalue weighted by Crippen LogP contribution is -2.35. The maximum atomic E-state index is 11.9. The fourth-order valence-corrected chi connectivity index (χ4v) is 2.82. The van der Waals surface area contributed by atoms with Gasteiger partial charge in [-0.25, -0.2) is 4.79 Å². The van der Waals surface area contributed by atoms with Crippen molar-refractivity contribution in [1.82, 2.24) is 5.32 Å². The first kappa shape index (κ1) is 17.6. The first-order chi connectivity index (χ1) is 10.8. The number of aliphatic hydroxyl groups excluding tert-OH is 1. The molecule has 5 nitrogen and oxygen atoms in total. The molecule has 1 aromatic carbocycles. The van der Waals surface area contributed by atoms with E-state index in [0.717, 1.165) is 37.1 Å². The molecule has 1 aliphatic carbocycles. The molecule has 2 rings (SSSR count). The number of amides is 2. The summed E-state index contributed by atoms with van der Waals surface area (Å²) in [6.07, 6.45) is 3.54. The summed E-state index contributed by atoms with van der Waals surface area (Å²) in [5.41, 5.74) is 0.490. The Labute approximate surface area is 138 Å². The summed E-state index contributed by atoms with van der Waals surface area (Å²) in [5, 5.41) is 15.3. The number of carbonyl (C=O) groups is 1. The van der Waals surface area contributed by atoms with Gasteiger partial charge in [-0.15, -0.1) is 0 Å². The van der Waals surface area contributed by atoms with Crippen LogP contribution >= 0.6 is 0 Å². The van der Waals surface area contributed by atoms with Gasteiger partial charge in [0.05, 0.1) is 6.10 Å². The van der Waals surface area contributed by atoms with Crippen LogP contribution in [0.4, 0.5) is 10.5 Å². The maximum Gasteiger partial charge on any atom is 0.319 e. The Kier molecular flexibility index (Phi) is 5.88. The van der Waals surface area contributed by atoms with Crippen LogP contribution in [0.3, 0.4) is 0 Å². The molecule has 128 valence electrons. The van der Waals surface area contributed by atoms with Gasteiger partial charge in [-0.3, -0.25) is 0 Å². The molecule has 2 amide bonds. The number of hydrogen-bond donors (Lipinski definition) is 3. The van der Waals surface area contributed by atoms with Gasteiger partial charge < -0.3 is 20.5 Å². The minimum Gasteiger partial charge on any atom is -0.488 e. The third-order valence-electron chi connectivity index (χ3n) is 3.84. The van der Waals surface area contributed by atoms with E-state index in [0.29, 0.717) is 12.5 Å². The van der Waals surface area contributed by atoms with E-state index >= 15 is 0 Å². The van der Waals surface area contributed by atoms with Crippen molar-refractivity contribution < 1.29 is 14.6 Å². The van der Waals surface area contributed by atoms with Gasteiger partial charge in [0, 0.05) is 12.2 Å². The molecule has 0 aliphatic heterocycles. The number of ether oxygens (including phenoxy) is 1. The smallest absolute Gasteiger partial charge is 0.319 e. The summed E-state index contributed by atoms with van der Waals surface area (Å²) < 4.78 is 5.75. The number of rotatable bonds is 4. The average Bonchev–Trinajstić information content (AvgIpc) is 2.46. The van der Waals surface area contributed by atoms with E-state index in [1.165, 1.54) is 0 Å². The summed E-state index contributed by atoms with van der Waals surface area (Å²) in [6, 6.07) is 7.13. The Bertz CT molecular complexity index is 508. The molecule has 1 fully saturated rings. The van der Waals surface area contributed by atoms with Gasteiger partial charge >= 0.3 is 6.03 Å². The van der Waals surface area contributed by atoms with E-state index in [-0.39, 0.29) is 17.7 Å². The van der Waals surface area contributed by atoms with Crippen molar-refractivity contribution in [1.29, 1.82) is 0 Å². The molecule has 0 radical (unpaired) electrons. The van der Waals surface area contributed by atoms with E-state index in [1.807, 2.05) is 45.0 Å². The molecule has 0 saturated heterocycles. The molecule has 2 unspecified atom stereocenters. The second-order valence-electron chi connectivity index (χ2n) is 7.26. The minimum atomic E-state index is -0.239. The number of anilines is 1. The predicted molar refractivity (Wildman–Crippen MR) is 91.8 cm³/mol. The van der Waals surface area contributed by atoms with Crippen LogP contribution in [-0.2, 0) is 0 Å². The average molecular weight is 320 g/mol. The predicted octanol–water partition coefficient (Wildman–Crippen LogP) is 3.54. The lowest BCUT2D eigenvalue weighted by Gasteiger charge is -2.25. The molecule has 0 spiro atoms. The van der Waals surface area contributed by atoms with Crippen LogP contribution in [0.1, 0.15) is 46.5 Å². The highest BCUT2D eigenvalue weighted by molar-refractivity contribution is 5.89. The van der Waals surface area contributed by atoms with Crippen LogP contribution in [-0.4, -0.2) is 29.4 Å². The second-order valence-corrected chi connectivity index (χ2v) is 7.26. The molecule has 5 heteroatoms. The van der Waals surface area contributed by atoms with E-state index in [2.05, 4.69) is 10.6 Å². The topological polar surface area (TPSA) is 70.6 Å². The van der Waals surface area contributed by atoms with Gasteiger partial charge in [-0.1, -0.05) is 6.42 Å². The highest BCUT2D eigenvalue weighted by Gasteiger charge is 2.20. The van der Waals surface area contributed by atoms with Crippen LogP contribution in [0.5, 0.6) is 5.75 Å². The molecule has 0 heterocycles. The number of aliphatic hydroxyl groups is 1. The summed E-state index contributed by atoms with van der Waals surface area (Å²) in [7, 11) is 0. The fraction of sp³-hybridized carbons (Fsp3) is 0.611. The molecule has 0 aromatic heterocycles. The minimum absolute atomic E-state index is 0.213. The van der Waals surface area contributed by atoms with E-state index in [1.54, 1.807) is 0 Å². The summed E-state index contributed by atoms with van der Waals surface area (Å²) >= 11 is 0. The van der Waals surface area contributed by atoms with Gasteiger partial charge in [-0.05, 0) is 70.2 Å². The quantitative estimate of drug-likeness (QED) is 0.794. The number of urea groups is 1. The molecule has 3 N–H and O–H groups in total. The first-order valence-electron chi connectivity index (χ1n) is 8.34. The van der Waals surface area contributed by atoms with Crippen LogP contribution < -0.4 is 15.4 Å². The van der Waals surface area contributed by atoms with Gasteiger partial charge in [0.2, 0.25) is 0 Å². The van der Waals surface area contributed by atoms with Crippen LogP contribution in [0.2, 0.25) is 0 Å². The van der Waals surface area contributed by atoms with Gasteiger partial charge in [0.25, 0.3) is 0 Å².